The van der Waals surface area contributed by atoms with Gasteiger partial charge in [0.05, 0.1) is 18.8 Å². The van der Waals surface area contributed by atoms with Crippen LogP contribution >= 0.6 is 0 Å². The molecule has 12 nitrogen and oxygen atoms in total. The van der Waals surface area contributed by atoms with Gasteiger partial charge in [-0.25, -0.2) is 14.8 Å². The molecule has 3 aliphatic rings. The largest absolute Gasteiger partial charge is 0.495 e. The van der Waals surface area contributed by atoms with Crippen molar-refractivity contribution in [2.75, 3.05) is 18.6 Å². The van der Waals surface area contributed by atoms with E-state index in [1.165, 1.54) is 0 Å². The van der Waals surface area contributed by atoms with E-state index in [-0.39, 0.29) is 35.9 Å². The second-order valence-electron chi connectivity index (χ2n) is 14.3. The minimum Gasteiger partial charge on any atom is -0.495 e. The Kier molecular flexibility index (Phi) is 10.9. The number of ether oxygens (including phenoxy) is 2. The van der Waals surface area contributed by atoms with Crippen LogP contribution in [0.4, 0.5) is 10.6 Å². The molecule has 3 saturated carbocycles. The number of aromatic nitrogens is 3. The van der Waals surface area contributed by atoms with Gasteiger partial charge in [0.25, 0.3) is 0 Å². The smallest absolute Gasteiger partial charge is 0.407 e. The second-order valence-corrected chi connectivity index (χ2v) is 14.3. The summed E-state index contributed by atoms with van der Waals surface area (Å²) >= 11 is 0. The van der Waals surface area contributed by atoms with Gasteiger partial charge in [-0.2, -0.15) is 4.91 Å². The van der Waals surface area contributed by atoms with Gasteiger partial charge in [-0.3, -0.25) is 14.7 Å². The number of nitrogens with zero attached hydrogens (tertiary/aromatic N) is 5. The molecule has 0 radical (unpaired) electrons. The van der Waals surface area contributed by atoms with Gasteiger partial charge in [-0.05, 0) is 101 Å². The summed E-state index contributed by atoms with van der Waals surface area (Å²) in [5.74, 6) is 2.83. The number of methoxy groups -OCH3 is 1. The van der Waals surface area contributed by atoms with Gasteiger partial charge < -0.3 is 19.2 Å². The molecule has 3 aromatic heterocycles. The Hall–Kier alpha value is -4.35. The van der Waals surface area contributed by atoms with Crippen molar-refractivity contribution in [2.45, 2.75) is 115 Å². The minimum atomic E-state index is -0.462. The summed E-state index contributed by atoms with van der Waals surface area (Å²) in [6, 6.07) is 7.64. The van der Waals surface area contributed by atoms with Crippen LogP contribution in [-0.2, 0) is 9.53 Å². The molecule has 6 rings (SSSR count). The van der Waals surface area contributed by atoms with Crippen molar-refractivity contribution in [1.82, 2.24) is 20.3 Å². The third-order valence-electron chi connectivity index (χ3n) is 10.5. The van der Waals surface area contributed by atoms with Crippen LogP contribution in [-0.4, -0.2) is 58.8 Å². The first-order chi connectivity index (χ1) is 23.7. The van der Waals surface area contributed by atoms with Gasteiger partial charge in [-0.1, -0.05) is 19.0 Å². The van der Waals surface area contributed by atoms with Crippen molar-refractivity contribution >= 4 is 17.8 Å². The molecule has 0 saturated heterocycles. The standard InChI is InChI=1S/C37H48N6O6/c1-22(2)35-41-32(21-48-35)27-15-16-38-34(17-27)43(20-24-5-7-25(8-6-24)31-13-14-33(47-4)23(3)39-31)36(44)26-9-11-30(12-10-26)49-37(45)40-28-18-29(19-28)42-46/h13-17,21-22,24-26,28-30H,5-12,18-20H2,1-4H3,(H,40,45). The van der Waals surface area contributed by atoms with E-state index >= 15 is 0 Å². The molecule has 0 atom stereocenters. The Bertz CT molecular complexity index is 1600. The van der Waals surface area contributed by atoms with Crippen molar-refractivity contribution in [3.8, 4) is 17.0 Å². The molecule has 1 N–H and O–H groups in total. The van der Waals surface area contributed by atoms with Gasteiger partial charge in [0.1, 0.15) is 29.6 Å². The van der Waals surface area contributed by atoms with Crippen LogP contribution in [0.5, 0.6) is 5.75 Å². The maximum absolute atomic E-state index is 14.4. The summed E-state index contributed by atoms with van der Waals surface area (Å²) in [4.78, 5) is 53.5. The van der Waals surface area contributed by atoms with Gasteiger partial charge >= 0.3 is 6.09 Å². The van der Waals surface area contributed by atoms with Gasteiger partial charge in [-0.15, -0.1) is 0 Å². The lowest BCUT2D eigenvalue weighted by atomic mass is 9.79. The number of carbonyl (C=O) groups is 2. The van der Waals surface area contributed by atoms with Crippen molar-refractivity contribution in [3.05, 3.63) is 58.9 Å². The zero-order chi connectivity index (χ0) is 34.5. The first-order valence-electron chi connectivity index (χ1n) is 17.7. The van der Waals surface area contributed by atoms with Gasteiger partial charge in [0.15, 0.2) is 5.89 Å². The molecule has 49 heavy (non-hydrogen) atoms. The molecular formula is C37H48N6O6. The number of aryl methyl sites for hydroxylation is 1. The Labute approximate surface area is 287 Å². The molecular weight excluding hydrogens is 624 g/mol. The van der Waals surface area contributed by atoms with Gasteiger partial charge in [0.2, 0.25) is 5.91 Å². The molecule has 0 unspecified atom stereocenters. The lowest BCUT2D eigenvalue weighted by Gasteiger charge is -2.36. The molecule has 3 fully saturated rings. The number of hydrogen-bond acceptors (Lipinski definition) is 10. The van der Waals surface area contributed by atoms with Crippen molar-refractivity contribution in [3.63, 3.8) is 0 Å². The summed E-state index contributed by atoms with van der Waals surface area (Å²) in [7, 11) is 1.67. The third-order valence-corrected chi connectivity index (χ3v) is 10.5. The molecule has 3 aromatic rings. The first-order valence-corrected chi connectivity index (χ1v) is 17.7. The molecule has 0 aliphatic heterocycles. The molecule has 3 aliphatic carbocycles. The predicted octanol–water partition coefficient (Wildman–Crippen LogP) is 7.46. The first kappa shape index (κ1) is 34.5. The lowest BCUT2D eigenvalue weighted by molar-refractivity contribution is -0.124. The fraction of sp³-hybridized carbons (Fsp3) is 0.595. The lowest BCUT2D eigenvalue weighted by Crippen LogP contribution is -2.47. The molecule has 262 valence electrons. The van der Waals surface area contributed by atoms with E-state index in [0.29, 0.717) is 68.6 Å². The van der Waals surface area contributed by atoms with E-state index in [9.17, 15) is 14.5 Å². The van der Waals surface area contributed by atoms with Crippen molar-refractivity contribution in [1.29, 1.82) is 0 Å². The van der Waals surface area contributed by atoms with E-state index in [1.807, 2.05) is 43.9 Å². The average Bonchev–Trinajstić information content (AvgIpc) is 3.60. The highest BCUT2D eigenvalue weighted by Crippen LogP contribution is 2.38. The maximum Gasteiger partial charge on any atom is 0.407 e. The Morgan fingerprint density at radius 1 is 1.04 bits per heavy atom. The van der Waals surface area contributed by atoms with E-state index in [4.69, 9.17) is 23.9 Å². The number of nitroso groups, excluding NO2 is 1. The number of alkyl carbamates (subject to hydrolysis) is 1. The summed E-state index contributed by atoms with van der Waals surface area (Å²) < 4.78 is 16.8. The number of pyridine rings is 2. The van der Waals surface area contributed by atoms with Crippen LogP contribution in [0.3, 0.4) is 0 Å². The van der Waals surface area contributed by atoms with E-state index < -0.39 is 6.09 Å². The number of nitrogens with one attached hydrogen (secondary N) is 1. The Balaban J connectivity index is 1.12. The summed E-state index contributed by atoms with van der Waals surface area (Å²) in [6.07, 6.45) is 10.3. The highest BCUT2D eigenvalue weighted by atomic mass is 16.6. The zero-order valence-corrected chi connectivity index (χ0v) is 29.0. The van der Waals surface area contributed by atoms with E-state index in [1.54, 1.807) is 19.6 Å². The predicted molar refractivity (Wildman–Crippen MR) is 184 cm³/mol. The number of hydrogen-bond donors (Lipinski definition) is 1. The minimum absolute atomic E-state index is 0.0621. The number of anilines is 1. The summed E-state index contributed by atoms with van der Waals surface area (Å²) in [5.41, 5.74) is 3.59. The molecule has 0 bridgehead atoms. The van der Waals surface area contributed by atoms with Crippen molar-refractivity contribution < 1.29 is 23.5 Å². The normalized spacial score (nSPS) is 25.2. The average molecular weight is 673 g/mol. The third kappa shape index (κ3) is 8.28. The highest BCUT2D eigenvalue weighted by Gasteiger charge is 2.36. The fourth-order valence-corrected chi connectivity index (χ4v) is 7.41. The fourth-order valence-electron chi connectivity index (χ4n) is 7.41. The number of rotatable bonds is 11. The van der Waals surface area contributed by atoms with E-state index in [2.05, 4.69) is 21.5 Å². The van der Waals surface area contributed by atoms with Crippen LogP contribution in [0.2, 0.25) is 0 Å². The van der Waals surface area contributed by atoms with Crippen molar-refractivity contribution in [2.24, 2.45) is 17.0 Å². The molecule has 12 heteroatoms. The SMILES string of the molecule is COc1ccc(C2CCC(CN(C(=O)C3CCC(OC(=O)NC4CC(N=O)C4)CC3)c3cc(-c4coc(C(C)C)n4)ccn3)CC2)nc1C. The Morgan fingerprint density at radius 3 is 2.45 bits per heavy atom. The van der Waals surface area contributed by atoms with Crippen LogP contribution < -0.4 is 15.0 Å². The van der Waals surface area contributed by atoms with Crippen LogP contribution in [0.25, 0.3) is 11.3 Å². The van der Waals surface area contributed by atoms with Crippen LogP contribution in [0.15, 0.2) is 46.3 Å². The maximum atomic E-state index is 14.4. The number of carbonyl (C=O) groups excluding carboxylic acids is 2. The second kappa shape index (κ2) is 15.5. The quantitative estimate of drug-likeness (QED) is 0.205. The van der Waals surface area contributed by atoms with Crippen LogP contribution in [0, 0.1) is 23.7 Å². The summed E-state index contributed by atoms with van der Waals surface area (Å²) in [6.45, 7) is 6.64. The molecule has 0 spiro atoms. The van der Waals surface area contributed by atoms with Crippen LogP contribution in [0.1, 0.15) is 107 Å². The molecule has 3 heterocycles. The monoisotopic (exact) mass is 672 g/mol. The summed E-state index contributed by atoms with van der Waals surface area (Å²) in [5, 5.41) is 5.85. The zero-order valence-electron chi connectivity index (χ0n) is 29.0. The molecule has 0 aromatic carbocycles. The Morgan fingerprint density at radius 2 is 1.80 bits per heavy atom. The van der Waals surface area contributed by atoms with E-state index in [0.717, 1.165) is 54.1 Å². The van der Waals surface area contributed by atoms with Gasteiger partial charge in [0, 0.05) is 47.8 Å². The molecule has 2 amide bonds. The number of amides is 2. The topological polar surface area (TPSA) is 149 Å². The number of oxazole rings is 1. The highest BCUT2D eigenvalue weighted by molar-refractivity contribution is 5.94.